The molecule has 3 heterocycles. The molecule has 0 radical (unpaired) electrons. The summed E-state index contributed by atoms with van der Waals surface area (Å²) in [5.74, 6) is 4.65. The molecule has 0 aliphatic rings. The first-order chi connectivity index (χ1) is 63.9. The van der Waals surface area contributed by atoms with Gasteiger partial charge in [0.05, 0.1) is 22.7 Å². The van der Waals surface area contributed by atoms with E-state index in [1.165, 1.54) is 119 Å². The van der Waals surface area contributed by atoms with Crippen LogP contribution in [-0.4, -0.2) is 39.5 Å². The Hall–Kier alpha value is -17.6. The number of fused-ring (bicyclic) bond motifs is 23. The van der Waals surface area contributed by atoms with E-state index in [0.717, 1.165) is 93.8 Å². The van der Waals surface area contributed by atoms with Crippen LogP contribution in [0.5, 0.6) is 0 Å². The third kappa shape index (κ3) is 13.5. The average molecular weight is 1640 g/mol. The SMILES string of the molecule is N#Cc1cccc(-c2nc(-c3ccccc3)nc(-c3ccc4ccc5c6ccccc6ccc5c4c3)n2)c1.c1ccc(-c2nc(-c3ccc4ccc5c6ccccc6ccc5c4c3)nc(-c3c4ccccc4cc4ccccc34)n2)cc1.c1ccc(-n2c(-c3ccc(-c4ccc5ccc6c7ccccc7ccc6c5c4)cc3)nc3c4ccccc4c4ccccc4c32)cc1. The number of hydrogen-bond donors (Lipinski definition) is 0. The van der Waals surface area contributed by atoms with Gasteiger partial charge in [0.15, 0.2) is 34.9 Å². The standard InChI is InChI=1S/C45H28N2.C41H25N3.C34H20N4/c1-2-11-34(12-3-1)47-44-41-17-9-7-15-37(41)36-14-6-8-16-40(36)43(44)46-45(47)32-21-18-29(19-22-32)33-23-20-31-25-26-38-35-13-5-4-10-30(35)24-27-39(38)42(31)28-33;1-2-11-28(12-3-1)39-42-40(44-41(43-39)38-33-16-8-5-13-29(33)24-30-14-6-9-17-34(30)38)31-19-18-27-21-22-35-32-15-7-4-10-26(32)20-23-36(35)37(27)25-31;35-21-22-7-6-11-26(19-22)33-36-32(25-9-2-1-3-10-25)37-34(38-33)27-14-13-24-16-17-29-28-12-5-4-8-23(28)15-18-30(29)31(24)20-27/h1-28H;1-25H;1-20H. The second kappa shape index (κ2) is 31.6. The van der Waals surface area contributed by atoms with E-state index in [9.17, 15) is 5.26 Å². The van der Waals surface area contributed by atoms with Gasteiger partial charge >= 0.3 is 0 Å². The van der Waals surface area contributed by atoms with Crippen molar-refractivity contribution in [2.75, 3.05) is 0 Å². The number of nitriles is 1. The van der Waals surface area contributed by atoms with Gasteiger partial charge in [-0.15, -0.1) is 0 Å². The molecular weight excluding hydrogens is 1570 g/mol. The minimum absolute atomic E-state index is 0.537. The van der Waals surface area contributed by atoms with E-state index in [2.05, 4.69) is 381 Å². The largest absolute Gasteiger partial charge is 0.292 e. The van der Waals surface area contributed by atoms with Crippen LogP contribution in [0.1, 0.15) is 5.56 Å². The van der Waals surface area contributed by atoms with E-state index in [4.69, 9.17) is 34.9 Å². The van der Waals surface area contributed by atoms with Gasteiger partial charge in [-0.3, -0.25) is 4.57 Å². The van der Waals surface area contributed by atoms with E-state index in [0.29, 0.717) is 40.5 Å². The second-order valence-corrected chi connectivity index (χ2v) is 32.9. The zero-order valence-corrected chi connectivity index (χ0v) is 69.7. The predicted octanol–water partition coefficient (Wildman–Crippen LogP) is 31.0. The van der Waals surface area contributed by atoms with Crippen molar-refractivity contribution in [3.05, 3.63) is 448 Å². The van der Waals surface area contributed by atoms with E-state index in [-0.39, 0.29) is 0 Å². The summed E-state index contributed by atoms with van der Waals surface area (Å²) in [6.45, 7) is 0. The molecule has 0 unspecified atom stereocenters. The summed E-state index contributed by atoms with van der Waals surface area (Å²) in [5, 5.41) is 41.1. The molecule has 0 atom stereocenters. The summed E-state index contributed by atoms with van der Waals surface area (Å²) in [5.41, 5.74) is 12.8. The minimum atomic E-state index is 0.537. The highest BCUT2D eigenvalue weighted by Crippen LogP contribution is 2.44. The maximum Gasteiger partial charge on any atom is 0.165 e. The van der Waals surface area contributed by atoms with Crippen molar-refractivity contribution in [1.82, 2.24) is 39.5 Å². The van der Waals surface area contributed by atoms with Gasteiger partial charge in [0.1, 0.15) is 5.82 Å². The molecular formula is C120H73N9. The quantitative estimate of drug-likeness (QED) is 0.104. The number of nitrogens with zero attached hydrogens (tertiary/aromatic N) is 9. The van der Waals surface area contributed by atoms with Crippen molar-refractivity contribution in [3.8, 4) is 103 Å². The lowest BCUT2D eigenvalue weighted by atomic mass is 9.94. The first-order valence-corrected chi connectivity index (χ1v) is 43.4. The van der Waals surface area contributed by atoms with E-state index in [1.54, 1.807) is 6.07 Å². The first kappa shape index (κ1) is 75.2. The Bertz CT molecular complexity index is 9030. The molecule has 9 nitrogen and oxygen atoms in total. The molecule has 598 valence electrons. The maximum absolute atomic E-state index is 9.42. The van der Waals surface area contributed by atoms with Crippen molar-refractivity contribution in [1.29, 1.82) is 5.26 Å². The highest BCUT2D eigenvalue weighted by Gasteiger charge is 2.24. The zero-order valence-electron chi connectivity index (χ0n) is 69.7. The fourth-order valence-corrected chi connectivity index (χ4v) is 19.1. The summed E-state index contributed by atoms with van der Waals surface area (Å²) in [7, 11) is 0. The van der Waals surface area contributed by atoms with Gasteiger partial charge in [-0.1, -0.05) is 394 Å². The highest BCUT2D eigenvalue weighted by molar-refractivity contribution is 6.25. The topological polar surface area (TPSA) is 119 Å². The Kier molecular flexibility index (Phi) is 18.4. The monoisotopic (exact) mass is 1640 g/mol. The van der Waals surface area contributed by atoms with Crippen LogP contribution in [0.15, 0.2) is 443 Å². The Balaban J connectivity index is 0.000000108. The number of imidazole rings is 1. The fourth-order valence-electron chi connectivity index (χ4n) is 19.1. The van der Waals surface area contributed by atoms with E-state index < -0.39 is 0 Å². The van der Waals surface area contributed by atoms with Gasteiger partial charge in [-0.25, -0.2) is 34.9 Å². The average Bonchev–Trinajstić information content (AvgIpc) is 1.57. The summed E-state index contributed by atoms with van der Waals surface area (Å²) in [6, 6.07) is 158. The lowest BCUT2D eigenvalue weighted by Crippen LogP contribution is -2.01. The second-order valence-electron chi connectivity index (χ2n) is 32.9. The Morgan fingerprint density at radius 1 is 0.178 bits per heavy atom. The molecule has 0 amide bonds. The number of aromatic nitrogens is 8. The molecule has 0 saturated heterocycles. The molecule has 26 aromatic rings. The first-order valence-electron chi connectivity index (χ1n) is 43.4. The molecule has 0 N–H and O–H groups in total. The summed E-state index contributed by atoms with van der Waals surface area (Å²) in [6.07, 6.45) is 0. The van der Waals surface area contributed by atoms with Crippen molar-refractivity contribution in [2.45, 2.75) is 0 Å². The van der Waals surface area contributed by atoms with E-state index in [1.807, 2.05) is 66.7 Å². The zero-order chi connectivity index (χ0) is 85.4. The third-order valence-corrected chi connectivity index (χ3v) is 25.3. The molecule has 0 saturated carbocycles. The normalized spacial score (nSPS) is 11.6. The summed E-state index contributed by atoms with van der Waals surface area (Å²) in [4.78, 5) is 35.4. The molecule has 26 rings (SSSR count). The van der Waals surface area contributed by atoms with Gasteiger partial charge < -0.3 is 0 Å². The highest BCUT2D eigenvalue weighted by atomic mass is 15.1. The fraction of sp³-hybridized carbons (Fsp3) is 0. The molecule has 0 aliphatic carbocycles. The third-order valence-electron chi connectivity index (χ3n) is 25.3. The van der Waals surface area contributed by atoms with Gasteiger partial charge in [-0.2, -0.15) is 5.26 Å². The van der Waals surface area contributed by atoms with Crippen LogP contribution in [-0.2, 0) is 0 Å². The molecule has 129 heavy (non-hydrogen) atoms. The van der Waals surface area contributed by atoms with E-state index >= 15 is 0 Å². The smallest absolute Gasteiger partial charge is 0.165 e. The van der Waals surface area contributed by atoms with Crippen molar-refractivity contribution in [2.24, 2.45) is 0 Å². The molecule has 0 bridgehead atoms. The van der Waals surface area contributed by atoms with Crippen LogP contribution in [0, 0.1) is 11.3 Å². The molecule has 3 aromatic heterocycles. The van der Waals surface area contributed by atoms with Crippen LogP contribution in [0.4, 0.5) is 0 Å². The number of rotatable bonds is 9. The Morgan fingerprint density at radius 2 is 0.481 bits per heavy atom. The maximum atomic E-state index is 9.42. The predicted molar refractivity (Wildman–Crippen MR) is 537 cm³/mol. The van der Waals surface area contributed by atoms with Crippen LogP contribution in [0.2, 0.25) is 0 Å². The van der Waals surface area contributed by atoms with Crippen molar-refractivity contribution in [3.63, 3.8) is 0 Å². The van der Waals surface area contributed by atoms with Crippen molar-refractivity contribution >= 4 is 151 Å². The molecule has 0 aliphatic heterocycles. The lowest BCUT2D eigenvalue weighted by molar-refractivity contribution is 1.07. The van der Waals surface area contributed by atoms with Crippen LogP contribution in [0.25, 0.3) is 248 Å². The lowest BCUT2D eigenvalue weighted by Gasteiger charge is -2.14. The van der Waals surface area contributed by atoms with Crippen molar-refractivity contribution < 1.29 is 0 Å². The Morgan fingerprint density at radius 3 is 0.938 bits per heavy atom. The van der Waals surface area contributed by atoms with Gasteiger partial charge in [-0.05, 0) is 189 Å². The van der Waals surface area contributed by atoms with Gasteiger partial charge in [0.2, 0.25) is 0 Å². The van der Waals surface area contributed by atoms with Crippen LogP contribution in [0.3, 0.4) is 0 Å². The molecule has 0 spiro atoms. The van der Waals surface area contributed by atoms with Gasteiger partial charge in [0.25, 0.3) is 0 Å². The molecule has 9 heteroatoms. The summed E-state index contributed by atoms with van der Waals surface area (Å²) >= 11 is 0. The number of benzene rings is 23. The summed E-state index contributed by atoms with van der Waals surface area (Å²) < 4.78 is 2.34. The van der Waals surface area contributed by atoms with Crippen LogP contribution >= 0.6 is 0 Å². The Labute approximate surface area is 741 Å². The number of para-hydroxylation sites is 1. The number of hydrogen-bond acceptors (Lipinski definition) is 8. The van der Waals surface area contributed by atoms with Crippen LogP contribution < -0.4 is 0 Å². The van der Waals surface area contributed by atoms with Gasteiger partial charge in [0, 0.05) is 55.4 Å². The molecule has 0 fully saturated rings. The molecule has 23 aromatic carbocycles. The minimum Gasteiger partial charge on any atom is -0.292 e.